The van der Waals surface area contributed by atoms with E-state index in [9.17, 15) is 0 Å². The summed E-state index contributed by atoms with van der Waals surface area (Å²) in [6.07, 6.45) is 6.38. The number of fused-ring (bicyclic) bond motifs is 1. The van der Waals surface area contributed by atoms with Crippen LogP contribution in [0.15, 0.2) is 42.7 Å². The highest BCUT2D eigenvalue weighted by Crippen LogP contribution is 2.24. The van der Waals surface area contributed by atoms with Crippen LogP contribution in [0.3, 0.4) is 0 Å². The second kappa shape index (κ2) is 4.97. The van der Waals surface area contributed by atoms with Crippen LogP contribution in [0, 0.1) is 6.92 Å². The molecule has 2 aromatic heterocycles. The van der Waals surface area contributed by atoms with Gasteiger partial charge in [-0.2, -0.15) is 0 Å². The zero-order valence-electron chi connectivity index (χ0n) is 12.1. The summed E-state index contributed by atoms with van der Waals surface area (Å²) in [6, 6.07) is 11.3. The average Bonchev–Trinajstić information content (AvgIpc) is 3.25. The van der Waals surface area contributed by atoms with Crippen LogP contribution in [0.25, 0.3) is 16.6 Å². The summed E-state index contributed by atoms with van der Waals surface area (Å²) < 4.78 is 2.06. The van der Waals surface area contributed by atoms with Gasteiger partial charge >= 0.3 is 0 Å². The van der Waals surface area contributed by atoms with Crippen molar-refractivity contribution in [2.24, 2.45) is 0 Å². The highest BCUT2D eigenvalue weighted by molar-refractivity contribution is 5.88. The molecule has 1 N–H and O–H groups in total. The molecular formula is C17H18N4. The molecule has 4 nitrogen and oxygen atoms in total. The topological polar surface area (TPSA) is 42.7 Å². The molecule has 4 rings (SSSR count). The maximum atomic E-state index is 4.86. The maximum Gasteiger partial charge on any atom is 0.146 e. The van der Waals surface area contributed by atoms with E-state index >= 15 is 0 Å². The summed E-state index contributed by atoms with van der Waals surface area (Å²) >= 11 is 0. The first-order valence-corrected chi connectivity index (χ1v) is 7.43. The second-order valence-electron chi connectivity index (χ2n) is 5.66. The molecule has 0 bridgehead atoms. The van der Waals surface area contributed by atoms with E-state index < -0.39 is 0 Å². The minimum Gasteiger partial charge on any atom is -0.308 e. The predicted molar refractivity (Wildman–Crippen MR) is 83.5 cm³/mol. The molecule has 0 radical (unpaired) electrons. The van der Waals surface area contributed by atoms with Gasteiger partial charge in [-0.25, -0.2) is 9.97 Å². The van der Waals surface area contributed by atoms with Crippen LogP contribution in [-0.2, 0) is 6.54 Å². The van der Waals surface area contributed by atoms with Crippen molar-refractivity contribution in [1.82, 2.24) is 19.9 Å². The highest BCUT2D eigenvalue weighted by atomic mass is 15.1. The molecule has 1 saturated carbocycles. The van der Waals surface area contributed by atoms with Crippen molar-refractivity contribution in [3.05, 3.63) is 54.2 Å². The van der Waals surface area contributed by atoms with Crippen LogP contribution in [0.5, 0.6) is 0 Å². The number of imidazole rings is 1. The normalized spacial score (nSPS) is 14.7. The number of hydrogen-bond donors (Lipinski definition) is 1. The van der Waals surface area contributed by atoms with Crippen molar-refractivity contribution in [2.75, 3.05) is 0 Å². The van der Waals surface area contributed by atoms with Gasteiger partial charge in [0, 0.05) is 30.4 Å². The predicted octanol–water partition coefficient (Wildman–Crippen LogP) is 2.98. The van der Waals surface area contributed by atoms with E-state index in [0.717, 1.165) is 29.3 Å². The number of benzene rings is 1. The highest BCUT2D eigenvalue weighted by Gasteiger charge is 2.20. The van der Waals surface area contributed by atoms with Crippen molar-refractivity contribution >= 4 is 10.8 Å². The summed E-state index contributed by atoms with van der Waals surface area (Å²) in [5, 5.41) is 5.92. The molecule has 0 saturated heterocycles. The van der Waals surface area contributed by atoms with Gasteiger partial charge in [-0.15, -0.1) is 0 Å². The summed E-state index contributed by atoms with van der Waals surface area (Å²) in [4.78, 5) is 9.19. The molecule has 4 heteroatoms. The van der Waals surface area contributed by atoms with Crippen molar-refractivity contribution in [2.45, 2.75) is 32.4 Å². The van der Waals surface area contributed by atoms with Gasteiger partial charge in [0.15, 0.2) is 0 Å². The van der Waals surface area contributed by atoms with Gasteiger partial charge in [-0.3, -0.25) is 4.57 Å². The average molecular weight is 278 g/mol. The minimum absolute atomic E-state index is 0.691. The molecule has 0 aliphatic heterocycles. The molecule has 2 heterocycles. The summed E-state index contributed by atoms with van der Waals surface area (Å²) in [5.41, 5.74) is 1.09. The Hall–Kier alpha value is -2.20. The van der Waals surface area contributed by atoms with Gasteiger partial charge in [0.2, 0.25) is 0 Å². The van der Waals surface area contributed by atoms with Gasteiger partial charge in [0.05, 0.1) is 5.69 Å². The van der Waals surface area contributed by atoms with Gasteiger partial charge in [-0.1, -0.05) is 24.3 Å². The molecule has 1 aromatic carbocycles. The monoisotopic (exact) mass is 278 g/mol. The number of pyridine rings is 1. The van der Waals surface area contributed by atoms with Gasteiger partial charge < -0.3 is 5.32 Å². The number of rotatable bonds is 4. The largest absolute Gasteiger partial charge is 0.308 e. The minimum atomic E-state index is 0.691. The number of nitrogens with zero attached hydrogens (tertiary/aromatic N) is 3. The van der Waals surface area contributed by atoms with Crippen LogP contribution < -0.4 is 5.32 Å². The third-order valence-corrected chi connectivity index (χ3v) is 3.98. The van der Waals surface area contributed by atoms with Crippen molar-refractivity contribution in [1.29, 1.82) is 0 Å². The number of aromatic nitrogens is 3. The molecule has 0 spiro atoms. The molecule has 21 heavy (non-hydrogen) atoms. The fourth-order valence-electron chi connectivity index (χ4n) is 2.65. The molecule has 3 aromatic rings. The summed E-state index contributed by atoms with van der Waals surface area (Å²) in [6.45, 7) is 2.84. The molecule has 1 aliphatic rings. The van der Waals surface area contributed by atoms with Crippen LogP contribution in [0.2, 0.25) is 0 Å². The van der Waals surface area contributed by atoms with Crippen molar-refractivity contribution in [3.8, 4) is 5.82 Å². The Morgan fingerprint density at radius 1 is 1.29 bits per heavy atom. The van der Waals surface area contributed by atoms with E-state index in [1.54, 1.807) is 0 Å². The molecule has 106 valence electrons. The third-order valence-electron chi connectivity index (χ3n) is 3.98. The molecule has 0 unspecified atom stereocenters. The number of nitrogens with one attached hydrogen (secondary N) is 1. The first-order valence-electron chi connectivity index (χ1n) is 7.43. The van der Waals surface area contributed by atoms with Gasteiger partial charge in [-0.05, 0) is 31.2 Å². The maximum absolute atomic E-state index is 4.86. The zero-order chi connectivity index (χ0) is 14.2. The first kappa shape index (κ1) is 12.5. The Morgan fingerprint density at radius 2 is 2.14 bits per heavy atom. The lowest BCUT2D eigenvalue weighted by Crippen LogP contribution is -2.17. The quantitative estimate of drug-likeness (QED) is 0.798. The van der Waals surface area contributed by atoms with E-state index in [0.29, 0.717) is 6.04 Å². The van der Waals surface area contributed by atoms with Crippen LogP contribution in [0.1, 0.15) is 24.4 Å². The number of hydrogen-bond acceptors (Lipinski definition) is 3. The Morgan fingerprint density at radius 3 is 2.90 bits per heavy atom. The fraction of sp³-hybridized carbons (Fsp3) is 0.294. The Kier molecular flexibility index (Phi) is 2.97. The van der Waals surface area contributed by atoms with Gasteiger partial charge in [0.25, 0.3) is 0 Å². The summed E-state index contributed by atoms with van der Waals surface area (Å²) in [5.74, 6) is 1.93. The lowest BCUT2D eigenvalue weighted by Gasteiger charge is -2.11. The second-order valence-corrected chi connectivity index (χ2v) is 5.66. The zero-order valence-corrected chi connectivity index (χ0v) is 12.1. The van der Waals surface area contributed by atoms with E-state index in [1.165, 1.54) is 18.2 Å². The molecule has 0 atom stereocenters. The molecular weight excluding hydrogens is 260 g/mol. The van der Waals surface area contributed by atoms with Crippen molar-refractivity contribution < 1.29 is 0 Å². The Labute approximate surface area is 123 Å². The van der Waals surface area contributed by atoms with Crippen LogP contribution in [-0.4, -0.2) is 20.6 Å². The standard InChI is InChI=1S/C17H18N4/c1-12-18-8-9-21(12)17-16-5-3-2-4-13(16)10-15(20-17)11-19-14-6-7-14/h2-5,8-10,14,19H,6-7,11H2,1H3. The molecule has 0 amide bonds. The Balaban J connectivity index is 1.83. The van der Waals surface area contributed by atoms with E-state index in [4.69, 9.17) is 4.98 Å². The number of aryl methyl sites for hydroxylation is 1. The lowest BCUT2D eigenvalue weighted by atomic mass is 10.1. The molecule has 1 aliphatic carbocycles. The molecule has 1 fully saturated rings. The lowest BCUT2D eigenvalue weighted by molar-refractivity contribution is 0.673. The summed E-state index contributed by atoms with van der Waals surface area (Å²) in [7, 11) is 0. The fourth-order valence-corrected chi connectivity index (χ4v) is 2.65. The SMILES string of the molecule is Cc1nccn1-c1nc(CNC2CC2)cc2ccccc12. The van der Waals surface area contributed by atoms with Crippen LogP contribution in [0.4, 0.5) is 0 Å². The van der Waals surface area contributed by atoms with E-state index in [-0.39, 0.29) is 0 Å². The van der Waals surface area contributed by atoms with Gasteiger partial charge in [0.1, 0.15) is 11.6 Å². The van der Waals surface area contributed by atoms with E-state index in [2.05, 4.69) is 45.2 Å². The smallest absolute Gasteiger partial charge is 0.146 e. The first-order chi connectivity index (χ1) is 10.3. The van der Waals surface area contributed by atoms with Crippen molar-refractivity contribution in [3.63, 3.8) is 0 Å². The Bertz CT molecular complexity index is 786. The van der Waals surface area contributed by atoms with E-state index in [1.807, 2.05) is 19.3 Å². The third kappa shape index (κ3) is 2.43. The van der Waals surface area contributed by atoms with Crippen LogP contribution >= 0.6 is 0 Å².